The van der Waals surface area contributed by atoms with E-state index < -0.39 is 0 Å². The molecule has 47 heavy (non-hydrogen) atoms. The molecule has 0 aromatic heterocycles. The Morgan fingerprint density at radius 3 is 1.85 bits per heavy atom. The first-order valence-corrected chi connectivity index (χ1v) is 16.6. The zero-order chi connectivity index (χ0) is 31.3. The predicted molar refractivity (Wildman–Crippen MR) is 202 cm³/mol. The van der Waals surface area contributed by atoms with E-state index in [1.807, 2.05) is 0 Å². The van der Waals surface area contributed by atoms with Crippen molar-refractivity contribution in [1.82, 2.24) is 0 Å². The second-order valence-corrected chi connectivity index (χ2v) is 13.7. The third-order valence-corrected chi connectivity index (χ3v) is 10.8. The van der Waals surface area contributed by atoms with Gasteiger partial charge in [0.2, 0.25) is 0 Å². The van der Waals surface area contributed by atoms with Gasteiger partial charge < -0.3 is 0 Å². The third-order valence-electron chi connectivity index (χ3n) is 10.8. The summed E-state index contributed by atoms with van der Waals surface area (Å²) in [6.07, 6.45) is 0. The van der Waals surface area contributed by atoms with Crippen LogP contribution in [0.25, 0.3) is 87.2 Å². The number of rotatable bonds is 2. The van der Waals surface area contributed by atoms with Crippen molar-refractivity contribution in [3.63, 3.8) is 0 Å². The average molecular weight is 597 g/mol. The van der Waals surface area contributed by atoms with Gasteiger partial charge in [-0.15, -0.1) is 0 Å². The molecule has 0 fully saturated rings. The van der Waals surface area contributed by atoms with E-state index >= 15 is 0 Å². The highest BCUT2D eigenvalue weighted by Gasteiger charge is 2.37. The van der Waals surface area contributed by atoms with E-state index in [4.69, 9.17) is 0 Å². The second kappa shape index (κ2) is 9.64. The van der Waals surface area contributed by atoms with Crippen LogP contribution >= 0.6 is 0 Å². The van der Waals surface area contributed by atoms with Gasteiger partial charge in [0, 0.05) is 5.41 Å². The molecule has 0 spiro atoms. The average Bonchev–Trinajstić information content (AvgIpc) is 3.35. The van der Waals surface area contributed by atoms with E-state index in [-0.39, 0.29) is 5.41 Å². The highest BCUT2D eigenvalue weighted by Crippen LogP contribution is 2.53. The third kappa shape index (κ3) is 3.76. The molecule has 0 saturated carbocycles. The van der Waals surface area contributed by atoms with Gasteiger partial charge in [-0.1, -0.05) is 153 Å². The van der Waals surface area contributed by atoms with Gasteiger partial charge in [-0.2, -0.15) is 0 Å². The molecule has 0 radical (unpaired) electrons. The molecule has 9 aromatic rings. The van der Waals surface area contributed by atoms with Crippen molar-refractivity contribution in [2.24, 2.45) is 0 Å². The molecule has 0 amide bonds. The topological polar surface area (TPSA) is 0 Å². The van der Waals surface area contributed by atoms with Crippen molar-refractivity contribution in [3.8, 4) is 33.4 Å². The van der Waals surface area contributed by atoms with E-state index in [1.54, 1.807) is 0 Å². The molecule has 10 rings (SSSR count). The molecule has 0 N–H and O–H groups in total. The van der Waals surface area contributed by atoms with Gasteiger partial charge in [0.25, 0.3) is 0 Å². The summed E-state index contributed by atoms with van der Waals surface area (Å²) < 4.78 is 0. The summed E-state index contributed by atoms with van der Waals surface area (Å²) in [7, 11) is 0. The van der Waals surface area contributed by atoms with E-state index in [9.17, 15) is 0 Å². The molecule has 0 aliphatic heterocycles. The first-order valence-electron chi connectivity index (χ1n) is 16.6. The van der Waals surface area contributed by atoms with Gasteiger partial charge in [-0.05, 0) is 117 Å². The van der Waals surface area contributed by atoms with Crippen LogP contribution in [0.15, 0.2) is 158 Å². The number of fused-ring (bicyclic) bond motifs is 10. The zero-order valence-corrected chi connectivity index (χ0v) is 26.5. The highest BCUT2D eigenvalue weighted by atomic mass is 14.4. The largest absolute Gasteiger partial charge is 0.0616 e. The highest BCUT2D eigenvalue weighted by molar-refractivity contribution is 6.20. The summed E-state index contributed by atoms with van der Waals surface area (Å²) in [6.45, 7) is 4.80. The van der Waals surface area contributed by atoms with E-state index in [0.29, 0.717) is 0 Å². The molecule has 0 unspecified atom stereocenters. The molecule has 9 aromatic carbocycles. The first-order chi connectivity index (χ1) is 23.1. The Kier molecular flexibility index (Phi) is 5.44. The zero-order valence-electron chi connectivity index (χ0n) is 26.5. The Morgan fingerprint density at radius 1 is 0.319 bits per heavy atom. The maximum atomic E-state index is 2.49. The summed E-state index contributed by atoms with van der Waals surface area (Å²) in [6, 6.07) is 58.9. The van der Waals surface area contributed by atoms with Crippen LogP contribution in [0.3, 0.4) is 0 Å². The van der Waals surface area contributed by atoms with Crippen LogP contribution in [-0.4, -0.2) is 0 Å². The molecular formula is C47H32. The van der Waals surface area contributed by atoms with Crippen molar-refractivity contribution < 1.29 is 0 Å². The minimum Gasteiger partial charge on any atom is -0.0616 e. The van der Waals surface area contributed by atoms with Crippen molar-refractivity contribution in [2.75, 3.05) is 0 Å². The molecule has 0 heteroatoms. The van der Waals surface area contributed by atoms with Gasteiger partial charge in [-0.25, -0.2) is 0 Å². The predicted octanol–water partition coefficient (Wildman–Crippen LogP) is 13.1. The Morgan fingerprint density at radius 2 is 0.979 bits per heavy atom. The Hall–Kier alpha value is -5.72. The Balaban J connectivity index is 1.21. The summed E-state index contributed by atoms with van der Waals surface area (Å²) in [5, 5.41) is 13.0. The fourth-order valence-electron chi connectivity index (χ4n) is 8.49. The lowest BCUT2D eigenvalue weighted by Gasteiger charge is -2.23. The molecule has 1 aliphatic carbocycles. The lowest BCUT2D eigenvalue weighted by Crippen LogP contribution is -2.15. The molecule has 1 aliphatic rings. The van der Waals surface area contributed by atoms with Crippen LogP contribution in [0, 0.1) is 0 Å². The Bertz CT molecular complexity index is 2760. The lowest BCUT2D eigenvalue weighted by atomic mass is 9.80. The van der Waals surface area contributed by atoms with Gasteiger partial charge in [0.15, 0.2) is 0 Å². The van der Waals surface area contributed by atoms with Crippen LogP contribution in [-0.2, 0) is 5.41 Å². The monoisotopic (exact) mass is 596 g/mol. The SMILES string of the molecule is CC1(C)c2cc(-c3c4ccccc4cc4c3ccc3ccccc34)ccc2-c2c1ccc1c(-c3ccc4ccccc4c3)cccc21. The van der Waals surface area contributed by atoms with Crippen LogP contribution in [0.1, 0.15) is 25.0 Å². The first kappa shape index (κ1) is 26.5. The van der Waals surface area contributed by atoms with Crippen LogP contribution < -0.4 is 0 Å². The normalized spacial score (nSPS) is 13.5. The van der Waals surface area contributed by atoms with Crippen molar-refractivity contribution in [2.45, 2.75) is 19.3 Å². The Labute approximate surface area is 274 Å². The van der Waals surface area contributed by atoms with Crippen LogP contribution in [0.5, 0.6) is 0 Å². The minimum atomic E-state index is -0.124. The fourth-order valence-corrected chi connectivity index (χ4v) is 8.49. The van der Waals surface area contributed by atoms with Crippen molar-refractivity contribution in [1.29, 1.82) is 0 Å². The smallest absolute Gasteiger partial charge is 0.0159 e. The number of benzene rings is 9. The van der Waals surface area contributed by atoms with Crippen LogP contribution in [0.4, 0.5) is 0 Å². The molecule has 0 saturated heterocycles. The van der Waals surface area contributed by atoms with Gasteiger partial charge in [-0.3, -0.25) is 0 Å². The summed E-state index contributed by atoms with van der Waals surface area (Å²) in [4.78, 5) is 0. The summed E-state index contributed by atoms with van der Waals surface area (Å²) in [5.41, 5.74) is 10.6. The quantitative estimate of drug-likeness (QED) is 0.138. The maximum Gasteiger partial charge on any atom is 0.0159 e. The summed E-state index contributed by atoms with van der Waals surface area (Å²) >= 11 is 0. The molecule has 0 heterocycles. The number of hydrogen-bond donors (Lipinski definition) is 0. The second-order valence-electron chi connectivity index (χ2n) is 13.7. The fraction of sp³-hybridized carbons (Fsp3) is 0.0638. The lowest BCUT2D eigenvalue weighted by molar-refractivity contribution is 0.661. The van der Waals surface area contributed by atoms with E-state index in [0.717, 1.165) is 0 Å². The molecule has 0 nitrogen and oxygen atoms in total. The minimum absolute atomic E-state index is 0.124. The molecule has 0 bridgehead atoms. The van der Waals surface area contributed by atoms with E-state index in [2.05, 4.69) is 172 Å². The summed E-state index contributed by atoms with van der Waals surface area (Å²) in [5.74, 6) is 0. The number of hydrogen-bond acceptors (Lipinski definition) is 0. The van der Waals surface area contributed by atoms with Crippen LogP contribution in [0.2, 0.25) is 0 Å². The standard InChI is InChI=1S/C47H32/c1-47(2)43-25-24-38-36(33-19-18-29-10-3-4-12-31(29)26-33)16-9-17-39(38)46(43)41-23-21-34(28-44(41)47)45-37-15-8-6-13-32(37)27-42-35-14-7-5-11-30(35)20-22-40(42)45/h3-28H,1-2H3. The molecular weight excluding hydrogens is 565 g/mol. The maximum absolute atomic E-state index is 2.49. The van der Waals surface area contributed by atoms with Gasteiger partial charge >= 0.3 is 0 Å². The van der Waals surface area contributed by atoms with Crippen molar-refractivity contribution >= 4 is 53.9 Å². The van der Waals surface area contributed by atoms with Gasteiger partial charge in [0.05, 0.1) is 0 Å². The molecule has 0 atom stereocenters. The molecule has 220 valence electrons. The van der Waals surface area contributed by atoms with E-state index in [1.165, 1.54) is 98.4 Å². The van der Waals surface area contributed by atoms with Gasteiger partial charge in [0.1, 0.15) is 0 Å². The van der Waals surface area contributed by atoms with Crippen molar-refractivity contribution in [3.05, 3.63) is 169 Å².